The van der Waals surface area contributed by atoms with Crippen LogP contribution in [0.1, 0.15) is 72.1 Å². The van der Waals surface area contributed by atoms with Gasteiger partial charge in [0.2, 0.25) is 0 Å². The van der Waals surface area contributed by atoms with Crippen LogP contribution in [0.2, 0.25) is 0 Å². The zero-order valence-corrected chi connectivity index (χ0v) is 17.4. The lowest BCUT2D eigenvalue weighted by atomic mass is 9.82. The molecule has 0 aromatic rings. The van der Waals surface area contributed by atoms with Gasteiger partial charge in [-0.15, -0.1) is 0 Å². The van der Waals surface area contributed by atoms with Crippen molar-refractivity contribution < 1.29 is 48.5 Å². The van der Waals surface area contributed by atoms with Crippen LogP contribution < -0.4 is 0 Å². The van der Waals surface area contributed by atoms with Crippen LogP contribution in [0.15, 0.2) is 0 Å². The predicted molar refractivity (Wildman–Crippen MR) is 100 cm³/mol. The van der Waals surface area contributed by atoms with E-state index in [0.29, 0.717) is 19.3 Å². The van der Waals surface area contributed by atoms with Crippen molar-refractivity contribution in [3.8, 4) is 0 Å². The van der Waals surface area contributed by atoms with E-state index in [4.69, 9.17) is 19.7 Å². The molecule has 2 fully saturated rings. The molecule has 0 spiro atoms. The number of ketones is 2. The number of hydrogen-bond donors (Lipinski definition) is 2. The number of esters is 2. The van der Waals surface area contributed by atoms with Gasteiger partial charge >= 0.3 is 23.9 Å². The first-order valence-electron chi connectivity index (χ1n) is 9.66. The molecule has 2 aliphatic rings. The Labute approximate surface area is 173 Å². The Bertz CT molecular complexity index is 725. The number of aliphatic carboxylic acids is 2. The molecule has 2 N–H and O–H groups in total. The average Bonchev–Trinajstić information content (AvgIpc) is 3.13. The van der Waals surface area contributed by atoms with E-state index >= 15 is 0 Å². The van der Waals surface area contributed by atoms with Crippen molar-refractivity contribution in [2.45, 2.75) is 83.3 Å². The number of cyclic esters (lactones) is 2. The van der Waals surface area contributed by atoms with E-state index < -0.39 is 29.1 Å². The van der Waals surface area contributed by atoms with E-state index in [2.05, 4.69) is 0 Å². The van der Waals surface area contributed by atoms with E-state index in [1.54, 1.807) is 13.8 Å². The topological polar surface area (TPSA) is 161 Å². The molecule has 30 heavy (non-hydrogen) atoms. The van der Waals surface area contributed by atoms with Gasteiger partial charge in [0.1, 0.15) is 22.8 Å². The molecule has 2 saturated heterocycles. The normalized spacial score (nSPS) is 26.1. The summed E-state index contributed by atoms with van der Waals surface area (Å²) in [7, 11) is 0. The van der Waals surface area contributed by atoms with Crippen LogP contribution in [0.3, 0.4) is 0 Å². The van der Waals surface area contributed by atoms with Crippen LogP contribution >= 0.6 is 0 Å². The fraction of sp³-hybridized carbons (Fsp3) is 0.700. The van der Waals surface area contributed by atoms with E-state index in [0.717, 1.165) is 0 Å². The van der Waals surface area contributed by atoms with Crippen LogP contribution in [0.4, 0.5) is 0 Å². The summed E-state index contributed by atoms with van der Waals surface area (Å²) in [6, 6.07) is 0. The Morgan fingerprint density at radius 1 is 0.933 bits per heavy atom. The molecule has 0 radical (unpaired) electrons. The lowest BCUT2D eigenvalue weighted by Gasteiger charge is -2.29. The lowest BCUT2D eigenvalue weighted by Crippen LogP contribution is -2.40. The van der Waals surface area contributed by atoms with E-state index in [9.17, 15) is 28.8 Å². The molecular formula is C20H28O10. The molecule has 0 saturated carbocycles. The van der Waals surface area contributed by atoms with Gasteiger partial charge in [-0.05, 0) is 33.6 Å². The van der Waals surface area contributed by atoms with Crippen molar-refractivity contribution >= 4 is 35.4 Å². The monoisotopic (exact) mass is 428 g/mol. The molecule has 10 nitrogen and oxygen atoms in total. The maximum Gasteiger partial charge on any atom is 0.306 e. The van der Waals surface area contributed by atoms with Crippen LogP contribution in [0.25, 0.3) is 0 Å². The van der Waals surface area contributed by atoms with Gasteiger partial charge < -0.3 is 19.7 Å². The summed E-state index contributed by atoms with van der Waals surface area (Å²) < 4.78 is 10.1. The first-order chi connectivity index (χ1) is 13.8. The minimum atomic E-state index is -1.06. The summed E-state index contributed by atoms with van der Waals surface area (Å²) in [6.45, 7) is 4.65. The molecule has 0 amide bonds. The highest BCUT2D eigenvalue weighted by Crippen LogP contribution is 2.36. The third-order valence-corrected chi connectivity index (χ3v) is 5.19. The van der Waals surface area contributed by atoms with Crippen molar-refractivity contribution in [3.05, 3.63) is 0 Å². The fourth-order valence-corrected chi connectivity index (χ4v) is 3.54. The van der Waals surface area contributed by atoms with Crippen molar-refractivity contribution in [2.75, 3.05) is 0 Å². The predicted octanol–water partition coefficient (Wildman–Crippen LogP) is 1.67. The Kier molecular flexibility index (Phi) is 8.68. The SMILES string of the molecule is CC(=O)C(CC(=O)O)C1(C)CCC(=O)O1.CC1(CC(=O)CCC(=O)O)CCC(=O)O1. The number of carboxylic acid groups (broad SMARTS) is 2. The van der Waals surface area contributed by atoms with Gasteiger partial charge in [0.25, 0.3) is 0 Å². The second-order valence-electron chi connectivity index (χ2n) is 8.08. The van der Waals surface area contributed by atoms with Crippen molar-refractivity contribution in [1.82, 2.24) is 0 Å². The largest absolute Gasteiger partial charge is 0.481 e. The summed E-state index contributed by atoms with van der Waals surface area (Å²) in [4.78, 5) is 65.4. The standard InChI is InChI=1S/2C10H14O5/c1-6(11)7(5-8(12)13)10(2)4-3-9(14)15-10;1-10(5-4-9(14)15-10)6-7(11)2-3-8(12)13/h7H,3-5H2,1-2H3,(H,12,13);2-6H2,1H3,(H,12,13). The maximum absolute atomic E-state index is 11.4. The molecule has 10 heteroatoms. The minimum absolute atomic E-state index is 0.00245. The Balaban J connectivity index is 0.000000300. The quantitative estimate of drug-likeness (QED) is 0.517. The summed E-state index contributed by atoms with van der Waals surface area (Å²) >= 11 is 0. The third-order valence-electron chi connectivity index (χ3n) is 5.19. The third kappa shape index (κ3) is 7.92. The number of carbonyl (C=O) groups is 6. The summed E-state index contributed by atoms with van der Waals surface area (Å²) in [5.41, 5.74) is -1.66. The van der Waals surface area contributed by atoms with Gasteiger partial charge in [0.05, 0.1) is 18.8 Å². The number of carboxylic acids is 2. The second kappa shape index (κ2) is 10.3. The van der Waals surface area contributed by atoms with Gasteiger partial charge in [-0.2, -0.15) is 0 Å². The molecule has 168 valence electrons. The number of ether oxygens (including phenoxy) is 2. The number of rotatable bonds is 9. The molecule has 2 aliphatic heterocycles. The van der Waals surface area contributed by atoms with Gasteiger partial charge in [0, 0.05) is 25.7 Å². The summed E-state index contributed by atoms with van der Waals surface area (Å²) in [5.74, 6) is -3.88. The zero-order chi connectivity index (χ0) is 23.1. The number of hydrogen-bond acceptors (Lipinski definition) is 8. The second-order valence-corrected chi connectivity index (χ2v) is 8.08. The van der Waals surface area contributed by atoms with Crippen molar-refractivity contribution in [2.24, 2.45) is 5.92 Å². The molecular weight excluding hydrogens is 400 g/mol. The van der Waals surface area contributed by atoms with Gasteiger partial charge in [-0.1, -0.05) is 0 Å². The zero-order valence-electron chi connectivity index (χ0n) is 17.4. The molecule has 0 aromatic heterocycles. The van der Waals surface area contributed by atoms with Crippen LogP contribution in [0.5, 0.6) is 0 Å². The van der Waals surface area contributed by atoms with Gasteiger partial charge in [0.15, 0.2) is 0 Å². The maximum atomic E-state index is 11.4. The van der Waals surface area contributed by atoms with Crippen molar-refractivity contribution in [1.29, 1.82) is 0 Å². The Hall–Kier alpha value is -2.78. The van der Waals surface area contributed by atoms with E-state index in [1.165, 1.54) is 6.92 Å². The Morgan fingerprint density at radius 2 is 1.50 bits per heavy atom. The molecule has 2 rings (SSSR count). The lowest BCUT2D eigenvalue weighted by molar-refractivity contribution is -0.158. The highest BCUT2D eigenvalue weighted by molar-refractivity contribution is 5.85. The van der Waals surface area contributed by atoms with Gasteiger partial charge in [-0.25, -0.2) is 0 Å². The van der Waals surface area contributed by atoms with Crippen LogP contribution in [-0.2, 0) is 38.2 Å². The van der Waals surface area contributed by atoms with Crippen LogP contribution in [-0.4, -0.2) is 56.9 Å². The number of Topliss-reactive ketones (excluding diaryl/α,β-unsaturated/α-hetero) is 2. The molecule has 0 aliphatic carbocycles. The molecule has 2 heterocycles. The van der Waals surface area contributed by atoms with E-state index in [1.807, 2.05) is 0 Å². The molecule has 0 bridgehead atoms. The smallest absolute Gasteiger partial charge is 0.306 e. The molecule has 3 unspecified atom stereocenters. The van der Waals surface area contributed by atoms with Crippen LogP contribution in [0, 0.1) is 5.92 Å². The average molecular weight is 428 g/mol. The highest BCUT2D eigenvalue weighted by atomic mass is 16.6. The van der Waals surface area contributed by atoms with Crippen molar-refractivity contribution in [3.63, 3.8) is 0 Å². The summed E-state index contributed by atoms with van der Waals surface area (Å²) in [6.07, 6.45) is 1.19. The highest BCUT2D eigenvalue weighted by Gasteiger charge is 2.45. The molecule has 0 aromatic carbocycles. The van der Waals surface area contributed by atoms with E-state index in [-0.39, 0.29) is 55.6 Å². The fourth-order valence-electron chi connectivity index (χ4n) is 3.54. The first kappa shape index (κ1) is 25.3. The molecule has 3 atom stereocenters. The minimum Gasteiger partial charge on any atom is -0.481 e. The Morgan fingerprint density at radius 3 is 1.90 bits per heavy atom. The first-order valence-corrected chi connectivity index (χ1v) is 9.66. The summed E-state index contributed by atoms with van der Waals surface area (Å²) in [5, 5.41) is 17.1. The van der Waals surface area contributed by atoms with Gasteiger partial charge in [-0.3, -0.25) is 28.8 Å². The number of carbonyl (C=O) groups excluding carboxylic acids is 4.